The van der Waals surface area contributed by atoms with Gasteiger partial charge in [-0.3, -0.25) is 9.59 Å². The minimum atomic E-state index is -0.456. The first-order valence-corrected chi connectivity index (χ1v) is 9.61. The molecule has 3 aromatic rings. The number of benzene rings is 1. The molecule has 0 fully saturated rings. The molecule has 3 rings (SSSR count). The molecule has 0 radical (unpaired) electrons. The quantitative estimate of drug-likeness (QED) is 0.504. The van der Waals surface area contributed by atoms with E-state index in [1.54, 1.807) is 30.3 Å². The van der Waals surface area contributed by atoms with Crippen LogP contribution in [-0.4, -0.2) is 18.3 Å². The lowest BCUT2D eigenvalue weighted by molar-refractivity contribution is -0.128. The maximum absolute atomic E-state index is 12.4. The van der Waals surface area contributed by atoms with Gasteiger partial charge in [0, 0.05) is 27.8 Å². The predicted octanol–water partition coefficient (Wildman–Crippen LogP) is 3.78. The minimum Gasteiger partial charge on any atom is -0.485 e. The van der Waals surface area contributed by atoms with Gasteiger partial charge in [0.1, 0.15) is 11.3 Å². The summed E-state index contributed by atoms with van der Waals surface area (Å²) in [5.41, 5.74) is -0.487. The van der Waals surface area contributed by atoms with Crippen LogP contribution in [0.1, 0.15) is 35.3 Å². The van der Waals surface area contributed by atoms with Crippen molar-refractivity contribution in [2.75, 3.05) is 6.61 Å². The lowest BCUT2D eigenvalue weighted by Gasteiger charge is -2.17. The maximum atomic E-state index is 12.4. The Morgan fingerprint density at radius 1 is 1.11 bits per heavy atom. The zero-order valence-electron chi connectivity index (χ0n) is 15.9. The van der Waals surface area contributed by atoms with Crippen LogP contribution in [0.5, 0.6) is 5.75 Å². The molecule has 2 heterocycles. The lowest BCUT2D eigenvalue weighted by Crippen LogP contribution is -2.34. The number of fused-ring (bicyclic) bond motifs is 1. The van der Waals surface area contributed by atoms with Gasteiger partial charge in [-0.15, -0.1) is 11.3 Å². The topological polar surface area (TPSA) is 85.6 Å². The summed E-state index contributed by atoms with van der Waals surface area (Å²) in [4.78, 5) is 37.1. The normalized spacial score (nSPS) is 11.4. The Balaban J connectivity index is 1.59. The number of amides is 1. The van der Waals surface area contributed by atoms with Gasteiger partial charge in [0.2, 0.25) is 11.7 Å². The second-order valence-electron chi connectivity index (χ2n) is 7.36. The number of carbonyl (C=O) groups excluding carboxylic acids is 2. The van der Waals surface area contributed by atoms with Gasteiger partial charge in [-0.2, -0.15) is 0 Å². The van der Waals surface area contributed by atoms with Gasteiger partial charge in [-0.25, -0.2) is 4.79 Å². The lowest BCUT2D eigenvalue weighted by atomic mass is 9.96. The molecule has 0 aliphatic carbocycles. The largest absolute Gasteiger partial charge is 0.485 e. The van der Waals surface area contributed by atoms with E-state index < -0.39 is 11.0 Å². The second-order valence-corrected chi connectivity index (χ2v) is 8.53. The van der Waals surface area contributed by atoms with Crippen molar-refractivity contribution in [2.45, 2.75) is 27.3 Å². The maximum Gasteiger partial charge on any atom is 0.336 e. The minimum absolute atomic E-state index is 0.0416. The predicted molar refractivity (Wildman–Crippen MR) is 108 cm³/mol. The molecule has 28 heavy (non-hydrogen) atoms. The van der Waals surface area contributed by atoms with Crippen LogP contribution in [-0.2, 0) is 11.3 Å². The van der Waals surface area contributed by atoms with Crippen LogP contribution in [0.3, 0.4) is 0 Å². The molecule has 0 atom stereocenters. The number of rotatable bonds is 6. The van der Waals surface area contributed by atoms with Crippen molar-refractivity contribution in [1.82, 2.24) is 5.32 Å². The van der Waals surface area contributed by atoms with Gasteiger partial charge in [-0.1, -0.05) is 20.8 Å². The Morgan fingerprint density at radius 2 is 1.86 bits per heavy atom. The van der Waals surface area contributed by atoms with E-state index in [4.69, 9.17) is 9.15 Å². The Kier molecular flexibility index (Phi) is 5.65. The van der Waals surface area contributed by atoms with E-state index in [0.717, 1.165) is 10.3 Å². The average Bonchev–Trinajstić information content (AvgIpc) is 3.12. The summed E-state index contributed by atoms with van der Waals surface area (Å²) in [6, 6.07) is 11.6. The van der Waals surface area contributed by atoms with Gasteiger partial charge >= 0.3 is 5.63 Å². The molecule has 1 N–H and O–H groups in total. The molecule has 2 aromatic heterocycles. The molecule has 0 spiro atoms. The summed E-state index contributed by atoms with van der Waals surface area (Å²) in [5.74, 6) is 0.248. The van der Waals surface area contributed by atoms with E-state index in [9.17, 15) is 14.4 Å². The molecule has 0 saturated carbocycles. The first kappa shape index (κ1) is 19.8. The van der Waals surface area contributed by atoms with E-state index >= 15 is 0 Å². The number of Topliss-reactive ketones (excluding diaryl/α,β-unsaturated/α-hetero) is 1. The molecule has 6 nitrogen and oxygen atoms in total. The summed E-state index contributed by atoms with van der Waals surface area (Å²) >= 11 is 1.33. The highest BCUT2D eigenvalue weighted by molar-refractivity contribution is 7.14. The van der Waals surface area contributed by atoms with Crippen LogP contribution >= 0.6 is 11.3 Å². The molecule has 0 bridgehead atoms. The zero-order valence-corrected chi connectivity index (χ0v) is 16.7. The Bertz CT molecular complexity index is 1070. The SMILES string of the molecule is CC(C)(C)C(=O)NCc1ccc(C(=O)COc2ccc3ccc(=O)oc3c2)s1. The van der Waals surface area contributed by atoms with E-state index in [1.807, 2.05) is 26.8 Å². The van der Waals surface area contributed by atoms with E-state index in [0.29, 0.717) is 22.8 Å². The van der Waals surface area contributed by atoms with Crippen LogP contribution in [0.2, 0.25) is 0 Å². The van der Waals surface area contributed by atoms with E-state index in [1.165, 1.54) is 17.4 Å². The number of ether oxygens (including phenoxy) is 1. The smallest absolute Gasteiger partial charge is 0.336 e. The van der Waals surface area contributed by atoms with E-state index in [-0.39, 0.29) is 18.3 Å². The summed E-state index contributed by atoms with van der Waals surface area (Å²) in [5, 5.41) is 3.64. The molecule has 0 aliphatic heterocycles. The molecule has 0 saturated heterocycles. The van der Waals surface area contributed by atoms with Crippen molar-refractivity contribution in [2.24, 2.45) is 5.41 Å². The van der Waals surface area contributed by atoms with Crippen LogP contribution in [0.25, 0.3) is 11.0 Å². The fourth-order valence-corrected chi connectivity index (χ4v) is 3.28. The molecular weight excluding hydrogens is 378 g/mol. The number of ketones is 1. The van der Waals surface area contributed by atoms with Crippen molar-refractivity contribution >= 4 is 34.0 Å². The summed E-state index contributed by atoms with van der Waals surface area (Å²) in [7, 11) is 0. The summed E-state index contributed by atoms with van der Waals surface area (Å²) in [6.45, 7) is 5.80. The number of thiophene rings is 1. The Labute approximate surface area is 166 Å². The van der Waals surface area contributed by atoms with Crippen LogP contribution in [0.15, 0.2) is 51.7 Å². The molecule has 7 heteroatoms. The third kappa shape index (κ3) is 4.86. The van der Waals surface area contributed by atoms with Gasteiger partial charge < -0.3 is 14.5 Å². The van der Waals surface area contributed by atoms with Crippen LogP contribution in [0, 0.1) is 5.41 Å². The number of carbonyl (C=O) groups is 2. The van der Waals surface area contributed by atoms with Gasteiger partial charge in [0.05, 0.1) is 11.4 Å². The molecule has 1 aromatic carbocycles. The van der Waals surface area contributed by atoms with Gasteiger partial charge in [-0.05, 0) is 30.3 Å². The first-order valence-electron chi connectivity index (χ1n) is 8.79. The van der Waals surface area contributed by atoms with Crippen molar-refractivity contribution in [3.05, 3.63) is 62.6 Å². The zero-order chi connectivity index (χ0) is 20.3. The van der Waals surface area contributed by atoms with Gasteiger partial charge in [0.15, 0.2) is 6.61 Å². The van der Waals surface area contributed by atoms with Crippen molar-refractivity contribution in [3.63, 3.8) is 0 Å². The molecule has 146 valence electrons. The summed E-state index contributed by atoms with van der Waals surface area (Å²) < 4.78 is 10.7. The number of nitrogens with one attached hydrogen (secondary N) is 1. The molecule has 0 aliphatic rings. The number of hydrogen-bond donors (Lipinski definition) is 1. The van der Waals surface area contributed by atoms with Gasteiger partial charge in [0.25, 0.3) is 0 Å². The first-order chi connectivity index (χ1) is 13.2. The Hall–Kier alpha value is -2.93. The molecule has 1 amide bonds. The Morgan fingerprint density at radius 3 is 2.61 bits per heavy atom. The standard InChI is InChI=1S/C21H21NO5S/c1-21(2,3)20(25)22-11-15-7-8-18(28-15)16(23)12-26-14-6-4-13-5-9-19(24)27-17(13)10-14/h4-10H,11-12H2,1-3H3,(H,22,25). The second kappa shape index (κ2) is 7.98. The third-order valence-electron chi connectivity index (χ3n) is 4.01. The molecule has 0 unspecified atom stereocenters. The van der Waals surface area contributed by atoms with E-state index in [2.05, 4.69) is 5.32 Å². The number of hydrogen-bond acceptors (Lipinski definition) is 6. The highest BCUT2D eigenvalue weighted by Crippen LogP contribution is 2.21. The van der Waals surface area contributed by atoms with Crippen molar-refractivity contribution in [1.29, 1.82) is 0 Å². The monoisotopic (exact) mass is 399 g/mol. The van der Waals surface area contributed by atoms with Crippen molar-refractivity contribution in [3.8, 4) is 5.75 Å². The average molecular weight is 399 g/mol. The summed E-state index contributed by atoms with van der Waals surface area (Å²) in [6.07, 6.45) is 0. The highest BCUT2D eigenvalue weighted by Gasteiger charge is 2.21. The van der Waals surface area contributed by atoms with Crippen LogP contribution in [0.4, 0.5) is 0 Å². The highest BCUT2D eigenvalue weighted by atomic mass is 32.1. The fourth-order valence-electron chi connectivity index (χ4n) is 2.41. The van der Waals surface area contributed by atoms with Crippen LogP contribution < -0.4 is 15.7 Å². The van der Waals surface area contributed by atoms with Crippen molar-refractivity contribution < 1.29 is 18.7 Å². The fraction of sp³-hybridized carbons (Fsp3) is 0.286. The molecular formula is C21H21NO5S. The third-order valence-corrected chi connectivity index (χ3v) is 5.13.